The summed E-state index contributed by atoms with van der Waals surface area (Å²) in [5.41, 5.74) is 0.939. The summed E-state index contributed by atoms with van der Waals surface area (Å²) < 4.78 is 0. The molecule has 1 saturated carbocycles. The van der Waals surface area contributed by atoms with Crippen LogP contribution in [0.2, 0.25) is 0 Å². The fraction of sp³-hybridized carbons (Fsp3) is 0.526. The van der Waals surface area contributed by atoms with Crippen LogP contribution in [0.25, 0.3) is 0 Å². The zero-order valence-corrected chi connectivity index (χ0v) is 14.4. The van der Waals surface area contributed by atoms with Gasteiger partial charge in [0.15, 0.2) is 5.78 Å². The van der Waals surface area contributed by atoms with Crippen molar-refractivity contribution in [3.63, 3.8) is 0 Å². The van der Waals surface area contributed by atoms with E-state index in [9.17, 15) is 19.5 Å². The van der Waals surface area contributed by atoms with Gasteiger partial charge in [-0.05, 0) is 44.2 Å². The number of benzene rings is 1. The van der Waals surface area contributed by atoms with Crippen molar-refractivity contribution in [3.8, 4) is 0 Å². The highest BCUT2D eigenvalue weighted by molar-refractivity contribution is 6.04. The predicted molar refractivity (Wildman–Crippen MR) is 93.6 cm³/mol. The van der Waals surface area contributed by atoms with Gasteiger partial charge in [0, 0.05) is 11.6 Å². The van der Waals surface area contributed by atoms with E-state index < -0.39 is 12.0 Å². The molecular formula is C19H24N2O4. The molecule has 2 N–H and O–H groups in total. The third kappa shape index (κ3) is 3.74. The van der Waals surface area contributed by atoms with Crippen LogP contribution in [0.3, 0.4) is 0 Å². The Kier molecular flexibility index (Phi) is 5.18. The average Bonchev–Trinajstić information content (AvgIpc) is 2.94. The summed E-state index contributed by atoms with van der Waals surface area (Å²) in [6.07, 6.45) is 4.83. The van der Waals surface area contributed by atoms with E-state index in [4.69, 9.17) is 0 Å². The molecule has 0 radical (unpaired) electrons. The van der Waals surface area contributed by atoms with Crippen LogP contribution in [-0.4, -0.2) is 46.3 Å². The lowest BCUT2D eigenvalue weighted by Crippen LogP contribution is -2.46. The Bertz CT molecular complexity index is 688. The summed E-state index contributed by atoms with van der Waals surface area (Å²) in [5.74, 6) is -0.877. The highest BCUT2D eigenvalue weighted by Crippen LogP contribution is 2.39. The molecule has 3 unspecified atom stereocenters. The Morgan fingerprint density at radius 3 is 2.64 bits per heavy atom. The van der Waals surface area contributed by atoms with Crippen molar-refractivity contribution in [2.45, 2.75) is 51.1 Å². The molecule has 1 aliphatic heterocycles. The molecule has 1 heterocycles. The molecule has 134 valence electrons. The largest absolute Gasteiger partial charge is 0.480 e. The zero-order valence-electron chi connectivity index (χ0n) is 14.4. The normalized spacial score (nSPS) is 26.0. The van der Waals surface area contributed by atoms with Gasteiger partial charge in [0.1, 0.15) is 6.04 Å². The van der Waals surface area contributed by atoms with E-state index in [1.54, 1.807) is 24.3 Å². The highest BCUT2D eigenvalue weighted by atomic mass is 16.4. The number of amides is 1. The van der Waals surface area contributed by atoms with Crippen LogP contribution in [0.5, 0.6) is 0 Å². The Morgan fingerprint density at radius 2 is 1.92 bits per heavy atom. The molecule has 25 heavy (non-hydrogen) atoms. The van der Waals surface area contributed by atoms with Gasteiger partial charge in [-0.1, -0.05) is 25.0 Å². The number of anilines is 1. The molecule has 1 amide bonds. The number of Topliss-reactive ketones (excluding diaryl/α,β-unsaturated/α-hetero) is 1. The Balaban J connectivity index is 1.73. The summed E-state index contributed by atoms with van der Waals surface area (Å²) in [4.78, 5) is 37.7. The van der Waals surface area contributed by atoms with Crippen molar-refractivity contribution in [3.05, 3.63) is 29.8 Å². The summed E-state index contributed by atoms with van der Waals surface area (Å²) in [7, 11) is 0. The number of nitrogens with one attached hydrogen (secondary N) is 1. The summed E-state index contributed by atoms with van der Waals surface area (Å²) in [5, 5.41) is 12.3. The summed E-state index contributed by atoms with van der Waals surface area (Å²) >= 11 is 0. The van der Waals surface area contributed by atoms with Crippen LogP contribution in [0.15, 0.2) is 24.3 Å². The van der Waals surface area contributed by atoms with Crippen molar-refractivity contribution in [2.75, 3.05) is 11.9 Å². The fourth-order valence-corrected chi connectivity index (χ4v) is 4.28. The maximum atomic E-state index is 12.5. The van der Waals surface area contributed by atoms with Crippen LogP contribution in [0, 0.1) is 5.92 Å². The van der Waals surface area contributed by atoms with Crippen molar-refractivity contribution < 1.29 is 19.5 Å². The molecule has 1 aromatic carbocycles. The molecule has 6 nitrogen and oxygen atoms in total. The average molecular weight is 344 g/mol. The van der Waals surface area contributed by atoms with Gasteiger partial charge >= 0.3 is 5.97 Å². The molecule has 1 saturated heterocycles. The number of carboxylic acid groups (broad SMARTS) is 1. The molecule has 1 aromatic rings. The number of likely N-dealkylation sites (tertiary alicyclic amines) is 1. The van der Waals surface area contributed by atoms with Crippen molar-refractivity contribution in [1.82, 2.24) is 4.90 Å². The quantitative estimate of drug-likeness (QED) is 0.802. The number of carbonyl (C=O) groups excluding carboxylic acids is 2. The Labute approximate surface area is 147 Å². The zero-order chi connectivity index (χ0) is 18.0. The number of rotatable bonds is 5. The minimum atomic E-state index is -0.855. The predicted octanol–water partition coefficient (Wildman–Crippen LogP) is 2.55. The number of hydrogen-bond donors (Lipinski definition) is 2. The summed E-state index contributed by atoms with van der Waals surface area (Å²) in [6, 6.07) is 6.45. The molecule has 0 spiro atoms. The van der Waals surface area contributed by atoms with Crippen molar-refractivity contribution >= 4 is 23.3 Å². The standard InChI is InChI=1S/C19H24N2O4/c1-12(22)14-7-3-4-8-15(14)20-18(23)11-21-16-9-5-2-6-13(16)10-17(21)19(24)25/h3-4,7-8,13,16-17H,2,5-6,9-11H2,1H3,(H,20,23)(H,24,25). The molecule has 1 aliphatic carbocycles. The van der Waals surface area contributed by atoms with Gasteiger partial charge in [0.05, 0.1) is 12.2 Å². The summed E-state index contributed by atoms with van der Waals surface area (Å²) in [6.45, 7) is 1.50. The van der Waals surface area contributed by atoms with Crippen LogP contribution in [0.1, 0.15) is 49.4 Å². The van der Waals surface area contributed by atoms with Gasteiger partial charge in [0.2, 0.25) is 5.91 Å². The molecule has 3 atom stereocenters. The second-order valence-electron chi connectivity index (χ2n) is 7.02. The molecule has 3 rings (SSSR count). The molecular weight excluding hydrogens is 320 g/mol. The van der Waals surface area contributed by atoms with Gasteiger partial charge in [-0.15, -0.1) is 0 Å². The molecule has 6 heteroatoms. The van der Waals surface area contributed by atoms with E-state index in [1.807, 2.05) is 4.90 Å². The molecule has 2 aliphatic rings. The van der Waals surface area contributed by atoms with E-state index in [-0.39, 0.29) is 24.3 Å². The van der Waals surface area contributed by atoms with Crippen LogP contribution < -0.4 is 5.32 Å². The van der Waals surface area contributed by atoms with Crippen LogP contribution in [0.4, 0.5) is 5.69 Å². The lowest BCUT2D eigenvalue weighted by atomic mass is 9.85. The number of hydrogen-bond acceptors (Lipinski definition) is 4. The number of carbonyl (C=O) groups is 3. The van der Waals surface area contributed by atoms with Gasteiger partial charge in [-0.2, -0.15) is 0 Å². The van der Waals surface area contributed by atoms with Crippen LogP contribution in [-0.2, 0) is 9.59 Å². The smallest absolute Gasteiger partial charge is 0.320 e. The number of para-hydroxylation sites is 1. The minimum Gasteiger partial charge on any atom is -0.480 e. The van der Waals surface area contributed by atoms with E-state index in [0.717, 1.165) is 25.7 Å². The first-order chi connectivity index (χ1) is 12.0. The first-order valence-corrected chi connectivity index (χ1v) is 8.85. The number of ketones is 1. The van der Waals surface area contributed by atoms with Gasteiger partial charge in [-0.3, -0.25) is 19.3 Å². The molecule has 0 bridgehead atoms. The van der Waals surface area contributed by atoms with Crippen molar-refractivity contribution in [2.24, 2.45) is 5.92 Å². The highest BCUT2D eigenvalue weighted by Gasteiger charge is 2.45. The first-order valence-electron chi connectivity index (χ1n) is 8.85. The topological polar surface area (TPSA) is 86.7 Å². The third-order valence-corrected chi connectivity index (χ3v) is 5.41. The minimum absolute atomic E-state index is 0.0460. The number of fused-ring (bicyclic) bond motifs is 1. The van der Waals surface area contributed by atoms with E-state index in [0.29, 0.717) is 23.6 Å². The molecule has 0 aromatic heterocycles. The van der Waals surface area contributed by atoms with E-state index in [2.05, 4.69) is 5.32 Å². The lowest BCUT2D eigenvalue weighted by Gasteiger charge is -2.32. The number of aliphatic carboxylic acids is 1. The van der Waals surface area contributed by atoms with Gasteiger partial charge in [-0.25, -0.2) is 0 Å². The van der Waals surface area contributed by atoms with Gasteiger partial charge < -0.3 is 10.4 Å². The van der Waals surface area contributed by atoms with Gasteiger partial charge in [0.25, 0.3) is 0 Å². The van der Waals surface area contributed by atoms with E-state index in [1.165, 1.54) is 6.92 Å². The third-order valence-electron chi connectivity index (χ3n) is 5.41. The van der Waals surface area contributed by atoms with E-state index >= 15 is 0 Å². The second-order valence-corrected chi connectivity index (χ2v) is 7.02. The maximum Gasteiger partial charge on any atom is 0.320 e. The Hall–Kier alpha value is -2.21. The number of carboxylic acids is 1. The van der Waals surface area contributed by atoms with Crippen LogP contribution >= 0.6 is 0 Å². The Morgan fingerprint density at radius 1 is 1.20 bits per heavy atom. The number of nitrogens with zero attached hydrogens (tertiary/aromatic N) is 1. The fourth-order valence-electron chi connectivity index (χ4n) is 4.28. The lowest BCUT2D eigenvalue weighted by molar-refractivity contribution is -0.143. The monoisotopic (exact) mass is 344 g/mol. The maximum absolute atomic E-state index is 12.5. The first kappa shape index (κ1) is 17.6. The van der Waals surface area contributed by atoms with Crippen molar-refractivity contribution in [1.29, 1.82) is 0 Å². The SMILES string of the molecule is CC(=O)c1ccccc1NC(=O)CN1C(C(=O)O)CC2CCCCC21. The molecule has 2 fully saturated rings. The second kappa shape index (κ2) is 7.35.